The van der Waals surface area contributed by atoms with E-state index in [2.05, 4.69) is 5.32 Å². The summed E-state index contributed by atoms with van der Waals surface area (Å²) in [6.45, 7) is 3.97. The first kappa shape index (κ1) is 21.5. The Labute approximate surface area is 185 Å². The van der Waals surface area contributed by atoms with Gasteiger partial charge < -0.3 is 15.3 Å². The van der Waals surface area contributed by atoms with Gasteiger partial charge in [-0.1, -0.05) is 50.6 Å². The largest absolute Gasteiger partial charge is 0.480 e. The van der Waals surface area contributed by atoms with Crippen LogP contribution in [0.25, 0.3) is 0 Å². The Morgan fingerprint density at radius 1 is 1.12 bits per heavy atom. The Bertz CT molecular complexity index is 1060. The number of fused-ring (bicyclic) bond motifs is 2. The van der Waals surface area contributed by atoms with Crippen LogP contribution in [0.15, 0.2) is 48.5 Å². The quantitative estimate of drug-likeness (QED) is 0.679. The number of amides is 4. The van der Waals surface area contributed by atoms with Crippen LogP contribution in [0, 0.1) is 5.92 Å². The highest BCUT2D eigenvalue weighted by Gasteiger charge is 2.47. The Morgan fingerprint density at radius 3 is 2.53 bits per heavy atom. The molecule has 32 heavy (non-hydrogen) atoms. The first-order chi connectivity index (χ1) is 15.3. The first-order valence-electron chi connectivity index (χ1n) is 10.7. The third-order valence-electron chi connectivity index (χ3n) is 6.32. The maximum atomic E-state index is 13.1. The molecule has 2 aliphatic heterocycles. The summed E-state index contributed by atoms with van der Waals surface area (Å²) in [6.07, 6.45) is 1.04. The van der Waals surface area contributed by atoms with Gasteiger partial charge in [-0.2, -0.15) is 0 Å². The summed E-state index contributed by atoms with van der Waals surface area (Å²) in [4.78, 5) is 53.2. The molecule has 1 unspecified atom stereocenters. The molecule has 0 aliphatic carbocycles. The van der Waals surface area contributed by atoms with Gasteiger partial charge in [0.2, 0.25) is 0 Å². The molecule has 4 rings (SSSR count). The number of nitrogens with one attached hydrogen (secondary N) is 1. The molecule has 0 radical (unpaired) electrons. The van der Waals surface area contributed by atoms with Gasteiger partial charge in [-0.3, -0.25) is 9.59 Å². The van der Waals surface area contributed by atoms with Crippen LogP contribution in [0.1, 0.15) is 41.8 Å². The van der Waals surface area contributed by atoms with E-state index in [0.29, 0.717) is 25.1 Å². The fraction of sp³-hybridized carbons (Fsp3) is 0.333. The van der Waals surface area contributed by atoms with Gasteiger partial charge in [-0.15, -0.1) is 0 Å². The smallest absolute Gasteiger partial charge is 0.332 e. The molecular weight excluding hydrogens is 410 g/mol. The Morgan fingerprint density at radius 2 is 1.84 bits per heavy atom. The highest BCUT2D eigenvalue weighted by atomic mass is 16.4. The Balaban J connectivity index is 1.57. The molecule has 8 nitrogen and oxygen atoms in total. The van der Waals surface area contributed by atoms with Gasteiger partial charge in [-0.05, 0) is 35.2 Å². The summed E-state index contributed by atoms with van der Waals surface area (Å²) >= 11 is 0. The standard InChI is InChI=1S/C24H25N3O5/c1-3-14(2)20(23(30)31)25-21(28)16-9-6-10-18(11-16)27-22(29)19-12-15-7-4-5-8-17(15)13-26(19)24(27)32/h4-11,14,19-20H,3,12-13H2,1-2H3,(H,25,28)(H,30,31)/t14?,19-,20-/m0/s1. The molecule has 2 aromatic rings. The molecule has 1 saturated heterocycles. The predicted molar refractivity (Wildman–Crippen MR) is 117 cm³/mol. The van der Waals surface area contributed by atoms with Crippen molar-refractivity contribution in [2.24, 2.45) is 5.92 Å². The van der Waals surface area contributed by atoms with Crippen molar-refractivity contribution >= 4 is 29.5 Å². The third kappa shape index (κ3) is 3.72. The summed E-state index contributed by atoms with van der Waals surface area (Å²) in [5.74, 6) is -2.25. The van der Waals surface area contributed by atoms with Crippen molar-refractivity contribution in [3.63, 3.8) is 0 Å². The number of hydrogen-bond donors (Lipinski definition) is 2. The van der Waals surface area contributed by atoms with E-state index in [1.165, 1.54) is 12.1 Å². The molecule has 166 valence electrons. The summed E-state index contributed by atoms with van der Waals surface area (Å²) in [5, 5.41) is 12.0. The second kappa shape index (κ2) is 8.45. The van der Waals surface area contributed by atoms with Gasteiger partial charge in [0, 0.05) is 18.5 Å². The monoisotopic (exact) mass is 435 g/mol. The zero-order valence-electron chi connectivity index (χ0n) is 17.9. The number of imide groups is 1. The van der Waals surface area contributed by atoms with Crippen LogP contribution in [0.5, 0.6) is 0 Å². The number of carbonyl (C=O) groups is 4. The summed E-state index contributed by atoms with van der Waals surface area (Å²) in [5.41, 5.74) is 2.55. The fourth-order valence-corrected chi connectivity index (χ4v) is 4.25. The molecule has 0 aromatic heterocycles. The van der Waals surface area contributed by atoms with Crippen LogP contribution in [-0.4, -0.2) is 45.9 Å². The molecule has 4 amide bonds. The zero-order valence-corrected chi connectivity index (χ0v) is 17.9. The SMILES string of the molecule is CCC(C)[C@H](NC(=O)c1cccc(N2C(=O)[C@@H]3Cc4ccccc4CN3C2=O)c1)C(=O)O. The van der Waals surface area contributed by atoms with E-state index in [1.54, 1.807) is 24.0 Å². The van der Waals surface area contributed by atoms with Gasteiger partial charge in [0.1, 0.15) is 12.1 Å². The van der Waals surface area contributed by atoms with E-state index >= 15 is 0 Å². The number of rotatable bonds is 6. The van der Waals surface area contributed by atoms with E-state index in [4.69, 9.17) is 0 Å². The van der Waals surface area contributed by atoms with Crippen molar-refractivity contribution in [1.29, 1.82) is 0 Å². The Hall–Kier alpha value is -3.68. The third-order valence-corrected chi connectivity index (χ3v) is 6.32. The normalized spacial score (nSPS) is 19.2. The van der Waals surface area contributed by atoms with E-state index in [1.807, 2.05) is 31.2 Å². The number of aliphatic carboxylic acids is 1. The molecule has 2 aromatic carbocycles. The van der Waals surface area contributed by atoms with Crippen molar-refractivity contribution < 1.29 is 24.3 Å². The maximum absolute atomic E-state index is 13.1. The molecular formula is C24H25N3O5. The van der Waals surface area contributed by atoms with Crippen LogP contribution in [0.3, 0.4) is 0 Å². The van der Waals surface area contributed by atoms with Gasteiger partial charge >= 0.3 is 12.0 Å². The number of carboxylic acid groups (broad SMARTS) is 1. The summed E-state index contributed by atoms with van der Waals surface area (Å²) in [6, 6.07) is 11.9. The van der Waals surface area contributed by atoms with E-state index in [0.717, 1.165) is 16.0 Å². The van der Waals surface area contributed by atoms with Crippen LogP contribution in [0.2, 0.25) is 0 Å². The molecule has 2 N–H and O–H groups in total. The average molecular weight is 435 g/mol. The number of hydrogen-bond acceptors (Lipinski definition) is 4. The first-order valence-corrected chi connectivity index (χ1v) is 10.7. The van der Waals surface area contributed by atoms with Crippen molar-refractivity contribution in [2.75, 3.05) is 4.90 Å². The number of anilines is 1. The molecule has 2 aliphatic rings. The minimum atomic E-state index is -1.11. The van der Waals surface area contributed by atoms with Crippen molar-refractivity contribution in [2.45, 2.75) is 45.3 Å². The molecule has 0 saturated carbocycles. The Kier molecular flexibility index (Phi) is 5.69. The van der Waals surface area contributed by atoms with E-state index in [9.17, 15) is 24.3 Å². The number of benzene rings is 2. The maximum Gasteiger partial charge on any atom is 0.332 e. The van der Waals surface area contributed by atoms with Gasteiger partial charge in [0.25, 0.3) is 11.8 Å². The molecule has 2 heterocycles. The number of nitrogens with zero attached hydrogens (tertiary/aromatic N) is 2. The molecule has 1 fully saturated rings. The molecule has 8 heteroatoms. The van der Waals surface area contributed by atoms with Crippen molar-refractivity contribution in [3.8, 4) is 0 Å². The van der Waals surface area contributed by atoms with Crippen LogP contribution < -0.4 is 10.2 Å². The van der Waals surface area contributed by atoms with Gasteiger partial charge in [-0.25, -0.2) is 14.5 Å². The topological polar surface area (TPSA) is 107 Å². The van der Waals surface area contributed by atoms with Gasteiger partial charge in [0.15, 0.2) is 0 Å². The zero-order chi connectivity index (χ0) is 23.0. The fourth-order valence-electron chi connectivity index (χ4n) is 4.25. The molecule has 0 bridgehead atoms. The van der Waals surface area contributed by atoms with E-state index < -0.39 is 30.0 Å². The second-order valence-electron chi connectivity index (χ2n) is 8.30. The van der Waals surface area contributed by atoms with Gasteiger partial charge in [0.05, 0.1) is 5.69 Å². The lowest BCUT2D eigenvalue weighted by Crippen LogP contribution is -2.45. The predicted octanol–water partition coefficient (Wildman–Crippen LogP) is 2.81. The van der Waals surface area contributed by atoms with Crippen LogP contribution in [-0.2, 0) is 22.6 Å². The summed E-state index contributed by atoms with van der Waals surface area (Å²) in [7, 11) is 0. The summed E-state index contributed by atoms with van der Waals surface area (Å²) < 4.78 is 0. The minimum Gasteiger partial charge on any atom is -0.480 e. The molecule has 3 atom stereocenters. The number of carboxylic acids is 1. The minimum absolute atomic E-state index is 0.186. The number of carbonyl (C=O) groups excluding carboxylic acids is 3. The lowest BCUT2D eigenvalue weighted by atomic mass is 9.95. The highest BCUT2D eigenvalue weighted by molar-refractivity contribution is 6.21. The number of urea groups is 1. The average Bonchev–Trinajstić information content (AvgIpc) is 3.04. The highest BCUT2D eigenvalue weighted by Crippen LogP contribution is 2.33. The van der Waals surface area contributed by atoms with Crippen LogP contribution in [0.4, 0.5) is 10.5 Å². The van der Waals surface area contributed by atoms with Crippen LogP contribution >= 0.6 is 0 Å². The van der Waals surface area contributed by atoms with E-state index in [-0.39, 0.29) is 17.4 Å². The van der Waals surface area contributed by atoms with Crippen molar-refractivity contribution in [3.05, 3.63) is 65.2 Å². The lowest BCUT2D eigenvalue weighted by Gasteiger charge is -2.28. The lowest BCUT2D eigenvalue weighted by molar-refractivity contribution is -0.140. The molecule has 0 spiro atoms. The van der Waals surface area contributed by atoms with Crippen molar-refractivity contribution in [1.82, 2.24) is 10.2 Å². The second-order valence-corrected chi connectivity index (χ2v) is 8.30.